The van der Waals surface area contributed by atoms with Crippen LogP contribution in [0.5, 0.6) is 0 Å². The van der Waals surface area contributed by atoms with Gasteiger partial charge in [0.15, 0.2) is 0 Å². The molecule has 1 amide bonds. The van der Waals surface area contributed by atoms with Crippen LogP contribution in [0.4, 0.5) is 0 Å². The molecule has 6 heteroatoms. The number of rotatable bonds is 2. The topological polar surface area (TPSA) is 20.3 Å². The van der Waals surface area contributed by atoms with Crippen LogP contribution in [0.2, 0.25) is 4.34 Å². The van der Waals surface area contributed by atoms with Crippen molar-refractivity contribution in [1.29, 1.82) is 0 Å². The Hall–Kier alpha value is 0.230. The lowest BCUT2D eigenvalue weighted by Crippen LogP contribution is -2.25. The molecule has 0 bridgehead atoms. The number of carbonyl (C=O) groups excluding carboxylic acids is 1. The van der Waals surface area contributed by atoms with E-state index in [-0.39, 0.29) is 5.91 Å². The average Bonchev–Trinajstić information content (AvgIpc) is 2.44. The van der Waals surface area contributed by atoms with Crippen LogP contribution in [0.25, 0.3) is 0 Å². The van der Waals surface area contributed by atoms with Crippen LogP contribution in [-0.2, 0) is 4.79 Å². The Labute approximate surface area is 105 Å². The van der Waals surface area contributed by atoms with Gasteiger partial charge >= 0.3 is 0 Å². The molecule has 0 fully saturated rings. The molecule has 1 rings (SSSR count). The van der Waals surface area contributed by atoms with E-state index in [1.54, 1.807) is 20.2 Å². The zero-order chi connectivity index (χ0) is 10.9. The van der Waals surface area contributed by atoms with E-state index in [1.165, 1.54) is 16.2 Å². The molecular weight excluding hydrogens is 309 g/mol. The van der Waals surface area contributed by atoms with Gasteiger partial charge in [0, 0.05) is 23.4 Å². The molecule has 1 aromatic heterocycles. The zero-order valence-corrected chi connectivity index (χ0v) is 11.5. The molecule has 1 heterocycles. The third-order valence-corrected chi connectivity index (χ3v) is 4.66. The number of likely N-dealkylation sites (N-methyl/N-ethyl adjacent to an activating group) is 1. The summed E-state index contributed by atoms with van der Waals surface area (Å²) in [5.74, 6) is -0.142. The lowest BCUT2D eigenvalue weighted by Gasteiger charge is -2.13. The first kappa shape index (κ1) is 12.3. The van der Waals surface area contributed by atoms with Crippen LogP contribution in [0.15, 0.2) is 10.5 Å². The summed E-state index contributed by atoms with van der Waals surface area (Å²) in [5, 5.41) is -0.654. The van der Waals surface area contributed by atoms with Gasteiger partial charge in [-0.3, -0.25) is 4.79 Å². The third kappa shape index (κ3) is 2.63. The van der Waals surface area contributed by atoms with E-state index in [0.717, 1.165) is 9.35 Å². The maximum absolute atomic E-state index is 11.5. The zero-order valence-electron chi connectivity index (χ0n) is 7.55. The maximum Gasteiger partial charge on any atom is 0.245 e. The van der Waals surface area contributed by atoms with E-state index in [2.05, 4.69) is 15.9 Å². The number of alkyl halides is 1. The standard InChI is InChI=1S/C8H8BrCl2NOS/c1-12(2)8(13)6(10)5-3-4(9)7(11)14-5/h3,6H,1-2H3. The van der Waals surface area contributed by atoms with Gasteiger partial charge in [-0.1, -0.05) is 11.6 Å². The molecule has 0 N–H and O–H groups in total. The lowest BCUT2D eigenvalue weighted by atomic mass is 10.3. The predicted molar refractivity (Wildman–Crippen MR) is 64.3 cm³/mol. The number of amides is 1. The summed E-state index contributed by atoms with van der Waals surface area (Å²) in [7, 11) is 3.34. The number of hydrogen-bond acceptors (Lipinski definition) is 2. The largest absolute Gasteiger partial charge is 0.347 e. The molecule has 0 saturated carbocycles. The van der Waals surface area contributed by atoms with Gasteiger partial charge in [0.25, 0.3) is 0 Å². The first-order valence-corrected chi connectivity index (χ1v) is 6.16. The Balaban J connectivity index is 2.89. The van der Waals surface area contributed by atoms with Crippen LogP contribution in [0.3, 0.4) is 0 Å². The molecule has 2 nitrogen and oxygen atoms in total. The first-order valence-electron chi connectivity index (χ1n) is 3.73. The van der Waals surface area contributed by atoms with Gasteiger partial charge in [-0.25, -0.2) is 0 Å². The van der Waals surface area contributed by atoms with E-state index >= 15 is 0 Å². The fourth-order valence-electron chi connectivity index (χ4n) is 0.837. The van der Waals surface area contributed by atoms with Crippen LogP contribution >= 0.6 is 50.5 Å². The molecule has 1 atom stereocenters. The molecule has 1 unspecified atom stereocenters. The number of halogens is 3. The molecule has 14 heavy (non-hydrogen) atoms. The van der Waals surface area contributed by atoms with E-state index in [4.69, 9.17) is 23.2 Å². The summed E-state index contributed by atoms with van der Waals surface area (Å²) in [4.78, 5) is 13.7. The van der Waals surface area contributed by atoms with Crippen molar-refractivity contribution in [2.45, 2.75) is 5.38 Å². The second kappa shape index (κ2) is 4.84. The monoisotopic (exact) mass is 315 g/mol. The summed E-state index contributed by atoms with van der Waals surface area (Å²) in [6.45, 7) is 0. The van der Waals surface area contributed by atoms with E-state index in [0.29, 0.717) is 4.34 Å². The van der Waals surface area contributed by atoms with Crippen molar-refractivity contribution in [2.24, 2.45) is 0 Å². The van der Waals surface area contributed by atoms with Gasteiger partial charge in [0.1, 0.15) is 9.71 Å². The van der Waals surface area contributed by atoms with E-state index in [1.807, 2.05) is 0 Å². The quantitative estimate of drug-likeness (QED) is 0.764. The Morgan fingerprint density at radius 1 is 1.64 bits per heavy atom. The highest BCUT2D eigenvalue weighted by Gasteiger charge is 2.22. The van der Waals surface area contributed by atoms with Gasteiger partial charge < -0.3 is 4.90 Å². The Kier molecular flexibility index (Phi) is 4.25. The van der Waals surface area contributed by atoms with Crippen molar-refractivity contribution in [2.75, 3.05) is 14.1 Å². The summed E-state index contributed by atoms with van der Waals surface area (Å²) in [6, 6.07) is 1.77. The molecule has 0 aliphatic rings. The predicted octanol–water partition coefficient (Wildman–Crippen LogP) is 3.53. The Morgan fingerprint density at radius 3 is 2.57 bits per heavy atom. The van der Waals surface area contributed by atoms with Crippen molar-refractivity contribution < 1.29 is 4.79 Å². The highest BCUT2D eigenvalue weighted by Crippen LogP contribution is 2.37. The van der Waals surface area contributed by atoms with Gasteiger partial charge in [0.2, 0.25) is 5.91 Å². The van der Waals surface area contributed by atoms with E-state index < -0.39 is 5.38 Å². The van der Waals surface area contributed by atoms with Crippen molar-refractivity contribution in [3.05, 3.63) is 19.8 Å². The van der Waals surface area contributed by atoms with Crippen LogP contribution in [0.1, 0.15) is 10.3 Å². The molecule has 0 spiro atoms. The SMILES string of the molecule is CN(C)C(=O)C(Cl)c1cc(Br)c(Cl)s1. The Morgan fingerprint density at radius 2 is 2.21 bits per heavy atom. The first-order chi connectivity index (χ1) is 6.43. The second-order valence-electron chi connectivity index (χ2n) is 2.87. The molecule has 0 radical (unpaired) electrons. The molecule has 0 aliphatic heterocycles. The minimum atomic E-state index is -0.654. The second-order valence-corrected chi connectivity index (χ2v) is 5.84. The number of thiophene rings is 1. The normalized spacial score (nSPS) is 12.6. The minimum Gasteiger partial charge on any atom is -0.347 e. The minimum absolute atomic E-state index is 0.142. The summed E-state index contributed by atoms with van der Waals surface area (Å²) < 4.78 is 1.38. The smallest absolute Gasteiger partial charge is 0.245 e. The van der Waals surface area contributed by atoms with Gasteiger partial charge in [0.05, 0.1) is 0 Å². The maximum atomic E-state index is 11.5. The van der Waals surface area contributed by atoms with Crippen molar-refractivity contribution in [3.63, 3.8) is 0 Å². The van der Waals surface area contributed by atoms with Gasteiger partial charge in [-0.2, -0.15) is 0 Å². The average molecular weight is 317 g/mol. The highest BCUT2D eigenvalue weighted by atomic mass is 79.9. The molecule has 78 valence electrons. The summed E-state index contributed by atoms with van der Waals surface area (Å²) in [6.07, 6.45) is 0. The lowest BCUT2D eigenvalue weighted by molar-refractivity contribution is -0.128. The number of nitrogens with zero attached hydrogens (tertiary/aromatic N) is 1. The van der Waals surface area contributed by atoms with Crippen LogP contribution < -0.4 is 0 Å². The fourth-order valence-corrected chi connectivity index (χ4v) is 2.94. The summed E-state index contributed by atoms with van der Waals surface area (Å²) >= 11 is 16.4. The van der Waals surface area contributed by atoms with E-state index in [9.17, 15) is 4.79 Å². The van der Waals surface area contributed by atoms with Crippen molar-refractivity contribution >= 4 is 56.4 Å². The Bertz CT molecular complexity index is 334. The van der Waals surface area contributed by atoms with Crippen molar-refractivity contribution in [3.8, 4) is 0 Å². The van der Waals surface area contributed by atoms with Crippen LogP contribution in [0, 0.1) is 0 Å². The third-order valence-electron chi connectivity index (χ3n) is 1.57. The number of carbonyl (C=O) groups is 1. The van der Waals surface area contributed by atoms with Gasteiger partial charge in [-0.05, 0) is 22.0 Å². The van der Waals surface area contributed by atoms with Crippen LogP contribution in [-0.4, -0.2) is 24.9 Å². The molecule has 1 aromatic rings. The highest BCUT2D eigenvalue weighted by molar-refractivity contribution is 9.10. The van der Waals surface area contributed by atoms with Gasteiger partial charge in [-0.15, -0.1) is 22.9 Å². The fraction of sp³-hybridized carbons (Fsp3) is 0.375. The summed E-state index contributed by atoms with van der Waals surface area (Å²) in [5.41, 5.74) is 0. The number of hydrogen-bond donors (Lipinski definition) is 0. The molecule has 0 aliphatic carbocycles. The molecular formula is C8H8BrCl2NOS. The van der Waals surface area contributed by atoms with Crippen molar-refractivity contribution in [1.82, 2.24) is 4.90 Å². The molecule has 0 saturated heterocycles. The molecule has 0 aromatic carbocycles.